The maximum absolute atomic E-state index is 6.22. The maximum Gasteiger partial charge on any atom is 0.122 e. The fourth-order valence-electron chi connectivity index (χ4n) is 2.22. The smallest absolute Gasteiger partial charge is 0.122 e. The van der Waals surface area contributed by atoms with Gasteiger partial charge in [-0.1, -0.05) is 12.1 Å². The number of hydrogen-bond donors (Lipinski definition) is 1. The number of rotatable bonds is 2. The lowest BCUT2D eigenvalue weighted by atomic mass is 9.99. The van der Waals surface area contributed by atoms with Gasteiger partial charge in [-0.05, 0) is 30.2 Å². The molecular weight excluding hydrogens is 214 g/mol. The van der Waals surface area contributed by atoms with Crippen LogP contribution in [0.4, 0.5) is 0 Å². The van der Waals surface area contributed by atoms with Crippen LogP contribution < -0.4 is 10.5 Å². The zero-order valence-electron chi connectivity index (χ0n) is 9.77. The normalized spacial score (nSPS) is 15.4. The van der Waals surface area contributed by atoms with E-state index in [4.69, 9.17) is 14.9 Å². The van der Waals surface area contributed by atoms with Crippen molar-refractivity contribution in [2.75, 3.05) is 6.61 Å². The van der Waals surface area contributed by atoms with Crippen molar-refractivity contribution in [1.29, 1.82) is 0 Å². The summed E-state index contributed by atoms with van der Waals surface area (Å²) < 4.78 is 10.8. The Kier molecular flexibility index (Phi) is 2.41. The van der Waals surface area contributed by atoms with Gasteiger partial charge in [-0.3, -0.25) is 0 Å². The summed E-state index contributed by atoms with van der Waals surface area (Å²) in [4.78, 5) is 0. The molecule has 0 amide bonds. The highest BCUT2D eigenvalue weighted by Crippen LogP contribution is 2.30. The average Bonchev–Trinajstić information content (AvgIpc) is 2.95. The Labute approximate surface area is 100 Å². The van der Waals surface area contributed by atoms with Crippen LogP contribution >= 0.6 is 0 Å². The van der Waals surface area contributed by atoms with Gasteiger partial charge in [0, 0.05) is 12.0 Å². The van der Waals surface area contributed by atoms with Crippen LogP contribution in [0, 0.1) is 6.92 Å². The van der Waals surface area contributed by atoms with Gasteiger partial charge in [-0.15, -0.1) is 0 Å². The van der Waals surface area contributed by atoms with E-state index in [1.54, 1.807) is 6.26 Å². The van der Waals surface area contributed by atoms with Crippen molar-refractivity contribution in [3.05, 3.63) is 53.0 Å². The number of aryl methyl sites for hydroxylation is 1. The lowest BCUT2D eigenvalue weighted by molar-refractivity contribution is 0.357. The molecule has 1 aliphatic heterocycles. The lowest BCUT2D eigenvalue weighted by Gasteiger charge is -2.11. The molecule has 1 aromatic carbocycles. The Bertz CT molecular complexity index is 545. The Morgan fingerprint density at radius 3 is 2.88 bits per heavy atom. The molecule has 0 aliphatic carbocycles. The van der Waals surface area contributed by atoms with E-state index in [-0.39, 0.29) is 6.04 Å². The van der Waals surface area contributed by atoms with Gasteiger partial charge in [-0.25, -0.2) is 0 Å². The fraction of sp³-hybridized carbons (Fsp3) is 0.286. The second-order valence-electron chi connectivity index (χ2n) is 4.43. The molecule has 88 valence electrons. The van der Waals surface area contributed by atoms with E-state index in [1.165, 1.54) is 5.56 Å². The standard InChI is InChI=1S/C14H15NO2/c1-9-6-12(8-17-9)14(15)11-2-3-13-10(7-11)4-5-16-13/h2-3,6-8,14H,4-5,15H2,1H3. The lowest BCUT2D eigenvalue weighted by Crippen LogP contribution is -2.11. The molecule has 3 nitrogen and oxygen atoms in total. The molecule has 2 aromatic rings. The minimum atomic E-state index is -0.127. The summed E-state index contributed by atoms with van der Waals surface area (Å²) in [5.74, 6) is 1.88. The van der Waals surface area contributed by atoms with Gasteiger partial charge in [0.1, 0.15) is 11.5 Å². The fourth-order valence-corrected chi connectivity index (χ4v) is 2.22. The van der Waals surface area contributed by atoms with Gasteiger partial charge in [0.15, 0.2) is 0 Å². The first-order valence-corrected chi connectivity index (χ1v) is 5.80. The zero-order chi connectivity index (χ0) is 11.8. The van der Waals surface area contributed by atoms with E-state index >= 15 is 0 Å². The highest BCUT2D eigenvalue weighted by Gasteiger charge is 2.16. The molecule has 0 saturated heterocycles. The summed E-state index contributed by atoms with van der Waals surface area (Å²) >= 11 is 0. The molecular formula is C14H15NO2. The van der Waals surface area contributed by atoms with Crippen LogP contribution in [0.25, 0.3) is 0 Å². The average molecular weight is 229 g/mol. The van der Waals surface area contributed by atoms with Crippen molar-refractivity contribution in [2.45, 2.75) is 19.4 Å². The minimum Gasteiger partial charge on any atom is -0.493 e. The van der Waals surface area contributed by atoms with Crippen molar-refractivity contribution >= 4 is 0 Å². The van der Waals surface area contributed by atoms with Crippen molar-refractivity contribution < 1.29 is 9.15 Å². The van der Waals surface area contributed by atoms with Crippen LogP contribution in [-0.4, -0.2) is 6.61 Å². The summed E-state index contributed by atoms with van der Waals surface area (Å²) in [6, 6.07) is 8.02. The van der Waals surface area contributed by atoms with E-state index in [1.807, 2.05) is 25.1 Å². The summed E-state index contributed by atoms with van der Waals surface area (Å²) in [5.41, 5.74) is 9.59. The monoisotopic (exact) mass is 229 g/mol. The third-order valence-corrected chi connectivity index (χ3v) is 3.18. The van der Waals surface area contributed by atoms with Crippen LogP contribution in [0.3, 0.4) is 0 Å². The molecule has 0 saturated carbocycles. The van der Waals surface area contributed by atoms with Crippen molar-refractivity contribution in [1.82, 2.24) is 0 Å². The van der Waals surface area contributed by atoms with E-state index < -0.39 is 0 Å². The molecule has 0 spiro atoms. The first-order chi connectivity index (χ1) is 8.24. The number of benzene rings is 1. The zero-order valence-corrected chi connectivity index (χ0v) is 9.77. The largest absolute Gasteiger partial charge is 0.493 e. The molecule has 3 rings (SSSR count). The molecule has 3 heteroatoms. The number of fused-ring (bicyclic) bond motifs is 1. The highest BCUT2D eigenvalue weighted by molar-refractivity contribution is 5.42. The van der Waals surface area contributed by atoms with E-state index in [2.05, 4.69) is 6.07 Å². The van der Waals surface area contributed by atoms with Gasteiger partial charge in [0.2, 0.25) is 0 Å². The van der Waals surface area contributed by atoms with Crippen molar-refractivity contribution in [3.63, 3.8) is 0 Å². The third kappa shape index (κ3) is 1.83. The number of furan rings is 1. The predicted octanol–water partition coefficient (Wildman–Crippen LogP) is 2.57. The van der Waals surface area contributed by atoms with Gasteiger partial charge in [0.25, 0.3) is 0 Å². The number of hydrogen-bond acceptors (Lipinski definition) is 3. The molecule has 1 unspecified atom stereocenters. The molecule has 0 fully saturated rings. The maximum atomic E-state index is 6.22. The quantitative estimate of drug-likeness (QED) is 0.861. The minimum absolute atomic E-state index is 0.127. The second kappa shape index (κ2) is 3.93. The van der Waals surface area contributed by atoms with Crippen molar-refractivity contribution in [2.24, 2.45) is 5.73 Å². The molecule has 1 aliphatic rings. The third-order valence-electron chi connectivity index (χ3n) is 3.18. The molecule has 2 N–H and O–H groups in total. The first-order valence-electron chi connectivity index (χ1n) is 5.80. The summed E-state index contributed by atoms with van der Waals surface area (Å²) in [6.07, 6.45) is 2.70. The summed E-state index contributed by atoms with van der Waals surface area (Å²) in [5, 5.41) is 0. The van der Waals surface area contributed by atoms with Crippen LogP contribution in [0.5, 0.6) is 5.75 Å². The first kappa shape index (κ1) is 10.4. The summed E-state index contributed by atoms with van der Waals surface area (Å²) in [6.45, 7) is 2.70. The van der Waals surface area contributed by atoms with Crippen LogP contribution in [0.1, 0.15) is 28.5 Å². The summed E-state index contributed by atoms with van der Waals surface area (Å²) in [7, 11) is 0. The van der Waals surface area contributed by atoms with Gasteiger partial charge in [-0.2, -0.15) is 0 Å². The molecule has 1 atom stereocenters. The van der Waals surface area contributed by atoms with Crippen LogP contribution in [0.2, 0.25) is 0 Å². The van der Waals surface area contributed by atoms with E-state index in [9.17, 15) is 0 Å². The topological polar surface area (TPSA) is 48.4 Å². The van der Waals surface area contributed by atoms with Crippen molar-refractivity contribution in [3.8, 4) is 5.75 Å². The number of ether oxygens (including phenoxy) is 1. The van der Waals surface area contributed by atoms with Gasteiger partial charge >= 0.3 is 0 Å². The Morgan fingerprint density at radius 1 is 1.24 bits per heavy atom. The van der Waals surface area contributed by atoms with Gasteiger partial charge < -0.3 is 14.9 Å². The van der Waals surface area contributed by atoms with Gasteiger partial charge in [0.05, 0.1) is 18.9 Å². The van der Waals surface area contributed by atoms with E-state index in [0.717, 1.165) is 35.7 Å². The van der Waals surface area contributed by atoms with E-state index in [0.29, 0.717) is 0 Å². The predicted molar refractivity (Wildman–Crippen MR) is 65.1 cm³/mol. The highest BCUT2D eigenvalue weighted by atomic mass is 16.5. The van der Waals surface area contributed by atoms with Crippen LogP contribution in [0.15, 0.2) is 34.9 Å². The Hall–Kier alpha value is -1.74. The molecule has 0 radical (unpaired) electrons. The Morgan fingerprint density at radius 2 is 2.12 bits per heavy atom. The number of nitrogens with two attached hydrogens (primary N) is 1. The SMILES string of the molecule is Cc1cc(C(N)c2ccc3c(c2)CCO3)co1. The molecule has 2 heterocycles. The van der Waals surface area contributed by atoms with Crippen LogP contribution in [-0.2, 0) is 6.42 Å². The molecule has 0 bridgehead atoms. The molecule has 1 aromatic heterocycles. The Balaban J connectivity index is 1.94. The molecule has 17 heavy (non-hydrogen) atoms. The second-order valence-corrected chi connectivity index (χ2v) is 4.43.